The molecule has 0 aliphatic heterocycles. The van der Waals surface area contributed by atoms with Gasteiger partial charge in [0.05, 0.1) is 7.11 Å². The van der Waals surface area contributed by atoms with Crippen molar-refractivity contribution in [3.8, 4) is 5.75 Å². The molecule has 26 heavy (non-hydrogen) atoms. The van der Waals surface area contributed by atoms with Crippen LogP contribution in [0.5, 0.6) is 5.75 Å². The molecule has 1 aliphatic rings. The zero-order chi connectivity index (χ0) is 17.9. The van der Waals surface area contributed by atoms with E-state index in [-0.39, 0.29) is 5.91 Å². The molecule has 0 spiro atoms. The van der Waals surface area contributed by atoms with E-state index >= 15 is 0 Å². The van der Waals surface area contributed by atoms with Crippen LogP contribution in [0.4, 0.5) is 0 Å². The zero-order valence-electron chi connectivity index (χ0n) is 15.1. The lowest BCUT2D eigenvalue weighted by Crippen LogP contribution is -2.32. The average Bonchev–Trinajstić information content (AvgIpc) is 3.40. The highest BCUT2D eigenvalue weighted by molar-refractivity contribution is 5.84. The number of rotatable bonds is 7. The van der Waals surface area contributed by atoms with Crippen molar-refractivity contribution in [2.75, 3.05) is 7.11 Å². The van der Waals surface area contributed by atoms with E-state index in [1.807, 2.05) is 30.5 Å². The highest BCUT2D eigenvalue weighted by Gasteiger charge is 2.32. The van der Waals surface area contributed by atoms with Crippen molar-refractivity contribution in [2.45, 2.75) is 38.3 Å². The Kier molecular flexibility index (Phi) is 4.65. The van der Waals surface area contributed by atoms with Gasteiger partial charge in [0.1, 0.15) is 5.75 Å². The number of nitrogens with one attached hydrogen (secondary N) is 1. The van der Waals surface area contributed by atoms with Gasteiger partial charge in [0, 0.05) is 36.1 Å². The Balaban J connectivity index is 1.44. The molecule has 1 heterocycles. The van der Waals surface area contributed by atoms with E-state index in [4.69, 9.17) is 4.74 Å². The number of aromatic nitrogens is 1. The summed E-state index contributed by atoms with van der Waals surface area (Å²) in [4.78, 5) is 18.2. The first-order valence-corrected chi connectivity index (χ1v) is 9.22. The quantitative estimate of drug-likeness (QED) is 0.692. The summed E-state index contributed by atoms with van der Waals surface area (Å²) in [6.07, 6.45) is 5.52. The van der Waals surface area contributed by atoms with Gasteiger partial charge in [-0.1, -0.05) is 24.3 Å². The number of hydrogen-bond acceptors (Lipinski definition) is 2. The molecule has 4 heteroatoms. The van der Waals surface area contributed by atoms with E-state index in [0.29, 0.717) is 19.0 Å². The Bertz CT molecular complexity index is 894. The van der Waals surface area contributed by atoms with Crippen LogP contribution in [0.15, 0.2) is 54.7 Å². The van der Waals surface area contributed by atoms with Crippen LogP contribution in [-0.4, -0.2) is 28.9 Å². The summed E-state index contributed by atoms with van der Waals surface area (Å²) >= 11 is 0. The van der Waals surface area contributed by atoms with Crippen LogP contribution in [0.2, 0.25) is 0 Å². The van der Waals surface area contributed by atoms with Gasteiger partial charge in [0.15, 0.2) is 0 Å². The summed E-state index contributed by atoms with van der Waals surface area (Å²) in [5, 5.41) is 1.21. The van der Waals surface area contributed by atoms with Gasteiger partial charge in [-0.05, 0) is 54.7 Å². The van der Waals surface area contributed by atoms with Crippen molar-refractivity contribution in [3.05, 3.63) is 65.9 Å². The van der Waals surface area contributed by atoms with Crippen molar-refractivity contribution in [2.24, 2.45) is 0 Å². The third kappa shape index (κ3) is 3.59. The van der Waals surface area contributed by atoms with Crippen molar-refractivity contribution in [3.63, 3.8) is 0 Å². The van der Waals surface area contributed by atoms with Gasteiger partial charge >= 0.3 is 0 Å². The van der Waals surface area contributed by atoms with Crippen LogP contribution in [0.1, 0.15) is 30.4 Å². The number of methoxy groups -OCH3 is 1. The molecule has 0 atom stereocenters. The minimum absolute atomic E-state index is 0.246. The summed E-state index contributed by atoms with van der Waals surface area (Å²) in [7, 11) is 1.66. The number of fused-ring (bicyclic) bond motifs is 1. The van der Waals surface area contributed by atoms with E-state index < -0.39 is 0 Å². The molecule has 1 aromatic heterocycles. The third-order valence-electron chi connectivity index (χ3n) is 5.12. The van der Waals surface area contributed by atoms with Crippen LogP contribution in [0.3, 0.4) is 0 Å². The molecular weight excluding hydrogens is 324 g/mol. The minimum Gasteiger partial charge on any atom is -0.497 e. The smallest absolute Gasteiger partial charge is 0.223 e. The normalized spacial score (nSPS) is 13.7. The minimum atomic E-state index is 0.246. The SMILES string of the molecule is COc1ccc(CCC(=O)N(Cc2cccc3[nH]ccc23)C2CC2)cc1. The summed E-state index contributed by atoms with van der Waals surface area (Å²) in [6.45, 7) is 0.696. The summed E-state index contributed by atoms with van der Waals surface area (Å²) < 4.78 is 5.19. The van der Waals surface area contributed by atoms with Crippen molar-refractivity contribution >= 4 is 16.8 Å². The predicted octanol–water partition coefficient (Wildman–Crippen LogP) is 4.30. The second-order valence-corrected chi connectivity index (χ2v) is 6.96. The second-order valence-electron chi connectivity index (χ2n) is 6.96. The zero-order valence-corrected chi connectivity index (χ0v) is 15.1. The van der Waals surface area contributed by atoms with Crippen molar-refractivity contribution in [1.82, 2.24) is 9.88 Å². The van der Waals surface area contributed by atoms with Gasteiger partial charge in [0.2, 0.25) is 5.91 Å². The lowest BCUT2D eigenvalue weighted by molar-refractivity contribution is -0.132. The van der Waals surface area contributed by atoms with Gasteiger partial charge in [-0.15, -0.1) is 0 Å². The molecule has 1 amide bonds. The number of hydrogen-bond donors (Lipinski definition) is 1. The van der Waals surface area contributed by atoms with E-state index in [0.717, 1.165) is 30.5 Å². The first-order valence-electron chi connectivity index (χ1n) is 9.22. The topological polar surface area (TPSA) is 45.3 Å². The van der Waals surface area contributed by atoms with Crippen molar-refractivity contribution in [1.29, 1.82) is 0 Å². The molecule has 1 aliphatic carbocycles. The fraction of sp³-hybridized carbons (Fsp3) is 0.318. The number of aryl methyl sites for hydroxylation is 1. The number of nitrogens with zero attached hydrogens (tertiary/aromatic N) is 1. The Labute approximate surface area is 153 Å². The molecule has 134 valence electrons. The lowest BCUT2D eigenvalue weighted by atomic mass is 10.1. The number of carbonyl (C=O) groups is 1. The average molecular weight is 348 g/mol. The number of H-pyrrole nitrogens is 1. The van der Waals surface area contributed by atoms with Crippen LogP contribution in [-0.2, 0) is 17.8 Å². The molecule has 1 saturated carbocycles. The van der Waals surface area contributed by atoms with E-state index in [1.54, 1.807) is 7.11 Å². The van der Waals surface area contributed by atoms with E-state index in [1.165, 1.54) is 16.5 Å². The van der Waals surface area contributed by atoms with Gasteiger partial charge in [-0.3, -0.25) is 4.79 Å². The van der Waals surface area contributed by atoms with Crippen molar-refractivity contribution < 1.29 is 9.53 Å². The fourth-order valence-corrected chi connectivity index (χ4v) is 3.47. The summed E-state index contributed by atoms with van der Waals surface area (Å²) in [5.74, 6) is 1.09. The largest absolute Gasteiger partial charge is 0.497 e. The summed E-state index contributed by atoms with van der Waals surface area (Å²) in [5.41, 5.74) is 3.51. The highest BCUT2D eigenvalue weighted by Crippen LogP contribution is 2.30. The van der Waals surface area contributed by atoms with Gasteiger partial charge < -0.3 is 14.6 Å². The maximum absolute atomic E-state index is 12.9. The van der Waals surface area contributed by atoms with Gasteiger partial charge in [-0.2, -0.15) is 0 Å². The number of amides is 1. The molecule has 0 unspecified atom stereocenters. The Morgan fingerprint density at radius 1 is 1.15 bits per heavy atom. The second kappa shape index (κ2) is 7.24. The highest BCUT2D eigenvalue weighted by atomic mass is 16.5. The van der Waals surface area contributed by atoms with Crippen LogP contribution >= 0.6 is 0 Å². The standard InChI is InChI=1S/C22H24N2O2/c1-26-19-10-5-16(6-11-19)7-12-22(25)24(18-8-9-18)15-17-3-2-4-21-20(17)13-14-23-21/h2-6,10-11,13-14,18,23H,7-9,12,15H2,1H3. The Morgan fingerprint density at radius 3 is 2.69 bits per heavy atom. The van der Waals surface area contributed by atoms with Crippen LogP contribution in [0, 0.1) is 0 Å². The number of aromatic amines is 1. The van der Waals surface area contributed by atoms with E-state index in [9.17, 15) is 4.79 Å². The molecule has 0 saturated heterocycles. The Hall–Kier alpha value is -2.75. The first kappa shape index (κ1) is 16.7. The molecule has 4 rings (SSSR count). The monoisotopic (exact) mass is 348 g/mol. The molecule has 1 fully saturated rings. The first-order chi connectivity index (χ1) is 12.7. The molecule has 1 N–H and O–H groups in total. The Morgan fingerprint density at radius 2 is 1.96 bits per heavy atom. The molecular formula is C22H24N2O2. The molecule has 4 nitrogen and oxygen atoms in total. The van der Waals surface area contributed by atoms with E-state index in [2.05, 4.69) is 34.1 Å². The maximum atomic E-state index is 12.9. The van der Waals surface area contributed by atoms with Gasteiger partial charge in [-0.25, -0.2) is 0 Å². The number of benzene rings is 2. The molecule has 2 aromatic carbocycles. The predicted molar refractivity (Wildman–Crippen MR) is 103 cm³/mol. The van der Waals surface area contributed by atoms with Gasteiger partial charge in [0.25, 0.3) is 0 Å². The number of ether oxygens (including phenoxy) is 1. The number of carbonyl (C=O) groups excluding carboxylic acids is 1. The summed E-state index contributed by atoms with van der Waals surface area (Å²) in [6, 6.07) is 16.7. The van der Waals surface area contributed by atoms with Crippen LogP contribution in [0.25, 0.3) is 10.9 Å². The third-order valence-corrected chi connectivity index (χ3v) is 5.12. The lowest BCUT2D eigenvalue weighted by Gasteiger charge is -2.23. The van der Waals surface area contributed by atoms with Crippen LogP contribution < -0.4 is 4.74 Å². The molecule has 0 bridgehead atoms. The maximum Gasteiger partial charge on any atom is 0.223 e. The fourth-order valence-electron chi connectivity index (χ4n) is 3.47. The molecule has 3 aromatic rings. The molecule has 0 radical (unpaired) electrons.